The predicted molar refractivity (Wildman–Crippen MR) is 77.9 cm³/mol. The fraction of sp³-hybridized carbons (Fsp3) is 0.571. The van der Waals surface area contributed by atoms with Crippen LogP contribution >= 0.6 is 11.6 Å². The fourth-order valence-corrected chi connectivity index (χ4v) is 2.96. The summed E-state index contributed by atoms with van der Waals surface area (Å²) in [6.45, 7) is 6.22. The standard InChI is InChI=1S/C14H20ClN3O2/c1-10-8-17(9-11(2)18(10)3-4-19)14(20)12-5-13(15)7-16-6-12/h5-7,10-11,19H,3-4,8-9H2,1-2H3/t10-,11+. The maximum absolute atomic E-state index is 12.5. The molecule has 0 aromatic carbocycles. The first-order chi connectivity index (χ1) is 9.52. The van der Waals surface area contributed by atoms with Crippen molar-refractivity contribution in [3.8, 4) is 0 Å². The number of amides is 1. The number of halogens is 1. The topological polar surface area (TPSA) is 56.7 Å². The second kappa shape index (κ2) is 6.52. The summed E-state index contributed by atoms with van der Waals surface area (Å²) in [5.41, 5.74) is 0.521. The molecule has 2 rings (SSSR count). The minimum absolute atomic E-state index is 0.0395. The third-order valence-corrected chi connectivity index (χ3v) is 3.91. The molecule has 0 saturated carbocycles. The summed E-state index contributed by atoms with van der Waals surface area (Å²) in [5, 5.41) is 9.56. The lowest BCUT2D eigenvalue weighted by Gasteiger charge is -2.44. The number of β-amino-alcohol motifs (C(OH)–C–C–N with tert-alkyl or cyclic N) is 1. The number of piperazine rings is 1. The molecule has 0 unspecified atom stereocenters. The highest BCUT2D eigenvalue weighted by atomic mass is 35.5. The Morgan fingerprint density at radius 1 is 1.40 bits per heavy atom. The van der Waals surface area contributed by atoms with Crippen LogP contribution in [0.25, 0.3) is 0 Å². The minimum atomic E-state index is -0.0395. The zero-order valence-corrected chi connectivity index (χ0v) is 12.5. The molecule has 1 amide bonds. The van der Waals surface area contributed by atoms with E-state index in [2.05, 4.69) is 23.7 Å². The highest BCUT2D eigenvalue weighted by molar-refractivity contribution is 6.30. The summed E-state index contributed by atoms with van der Waals surface area (Å²) in [7, 11) is 0. The molecule has 1 saturated heterocycles. The third-order valence-electron chi connectivity index (χ3n) is 3.70. The molecule has 2 atom stereocenters. The zero-order valence-electron chi connectivity index (χ0n) is 11.8. The number of rotatable bonds is 3. The van der Waals surface area contributed by atoms with Crippen molar-refractivity contribution < 1.29 is 9.90 Å². The summed E-state index contributed by atoms with van der Waals surface area (Å²) in [6.07, 6.45) is 3.06. The number of hydrogen-bond acceptors (Lipinski definition) is 4. The molecule has 1 aromatic rings. The lowest BCUT2D eigenvalue weighted by Crippen LogP contribution is -2.58. The largest absolute Gasteiger partial charge is 0.395 e. The van der Waals surface area contributed by atoms with E-state index in [9.17, 15) is 4.79 Å². The van der Waals surface area contributed by atoms with Crippen LogP contribution in [-0.4, -0.2) is 64.1 Å². The van der Waals surface area contributed by atoms with Gasteiger partial charge < -0.3 is 10.0 Å². The number of carbonyl (C=O) groups excluding carboxylic acids is 1. The number of aromatic nitrogens is 1. The van der Waals surface area contributed by atoms with Crippen LogP contribution in [0, 0.1) is 0 Å². The number of pyridine rings is 1. The van der Waals surface area contributed by atoms with Crippen LogP contribution < -0.4 is 0 Å². The number of aliphatic hydroxyl groups is 1. The van der Waals surface area contributed by atoms with Gasteiger partial charge in [-0.25, -0.2) is 0 Å². The maximum atomic E-state index is 12.5. The van der Waals surface area contributed by atoms with E-state index in [1.807, 2.05) is 4.90 Å². The van der Waals surface area contributed by atoms with E-state index in [0.29, 0.717) is 30.2 Å². The normalized spacial score (nSPS) is 23.9. The predicted octanol–water partition coefficient (Wildman–Crippen LogP) is 1.26. The molecule has 5 nitrogen and oxygen atoms in total. The molecule has 110 valence electrons. The molecule has 0 radical (unpaired) electrons. The minimum Gasteiger partial charge on any atom is -0.395 e. The fourth-order valence-electron chi connectivity index (χ4n) is 2.79. The van der Waals surface area contributed by atoms with Gasteiger partial charge in [-0.15, -0.1) is 0 Å². The molecule has 20 heavy (non-hydrogen) atoms. The Morgan fingerprint density at radius 3 is 2.60 bits per heavy atom. The van der Waals surface area contributed by atoms with Gasteiger partial charge >= 0.3 is 0 Å². The maximum Gasteiger partial charge on any atom is 0.255 e. The Balaban J connectivity index is 2.09. The number of hydrogen-bond donors (Lipinski definition) is 1. The number of aliphatic hydroxyl groups excluding tert-OH is 1. The first kappa shape index (κ1) is 15.2. The Bertz CT molecular complexity index is 471. The molecule has 1 fully saturated rings. The van der Waals surface area contributed by atoms with Crippen molar-refractivity contribution in [3.63, 3.8) is 0 Å². The van der Waals surface area contributed by atoms with Gasteiger partial charge in [0.25, 0.3) is 5.91 Å². The second-order valence-electron chi connectivity index (χ2n) is 5.26. The monoisotopic (exact) mass is 297 g/mol. The molecule has 1 aliphatic rings. The second-order valence-corrected chi connectivity index (χ2v) is 5.70. The summed E-state index contributed by atoms with van der Waals surface area (Å²) >= 11 is 5.88. The lowest BCUT2D eigenvalue weighted by molar-refractivity contribution is 0.0236. The Morgan fingerprint density at radius 2 is 2.05 bits per heavy atom. The number of carbonyl (C=O) groups is 1. The van der Waals surface area contributed by atoms with Crippen molar-refractivity contribution in [2.24, 2.45) is 0 Å². The SMILES string of the molecule is C[C@@H]1CN(C(=O)c2cncc(Cl)c2)C[C@H](C)N1CCO. The Labute approximate surface area is 124 Å². The quantitative estimate of drug-likeness (QED) is 0.913. The lowest BCUT2D eigenvalue weighted by atomic mass is 10.1. The zero-order chi connectivity index (χ0) is 14.7. The summed E-state index contributed by atoms with van der Waals surface area (Å²) in [5.74, 6) is -0.0395. The first-order valence-corrected chi connectivity index (χ1v) is 7.17. The molecule has 0 spiro atoms. The van der Waals surface area contributed by atoms with Crippen LogP contribution in [0.5, 0.6) is 0 Å². The van der Waals surface area contributed by atoms with Gasteiger partial charge in [0.05, 0.1) is 17.2 Å². The molecule has 2 heterocycles. The highest BCUT2D eigenvalue weighted by Gasteiger charge is 2.31. The van der Waals surface area contributed by atoms with Gasteiger partial charge in [-0.2, -0.15) is 0 Å². The van der Waals surface area contributed by atoms with Crippen LogP contribution in [0.3, 0.4) is 0 Å². The van der Waals surface area contributed by atoms with Crippen LogP contribution in [-0.2, 0) is 0 Å². The molecule has 0 aliphatic carbocycles. The van der Waals surface area contributed by atoms with Crippen molar-refractivity contribution in [2.45, 2.75) is 25.9 Å². The van der Waals surface area contributed by atoms with Crippen LogP contribution in [0.1, 0.15) is 24.2 Å². The molecule has 1 N–H and O–H groups in total. The van der Waals surface area contributed by atoms with Gasteiger partial charge in [-0.1, -0.05) is 11.6 Å². The van der Waals surface area contributed by atoms with Crippen LogP contribution in [0.2, 0.25) is 5.02 Å². The van der Waals surface area contributed by atoms with Gasteiger partial charge in [-0.3, -0.25) is 14.7 Å². The Kier molecular flexibility index (Phi) is 4.96. The van der Waals surface area contributed by atoms with Crippen LogP contribution in [0.4, 0.5) is 0 Å². The molecular formula is C14H20ClN3O2. The van der Waals surface area contributed by atoms with Gasteiger partial charge in [0, 0.05) is 44.1 Å². The van der Waals surface area contributed by atoms with E-state index in [1.165, 1.54) is 6.20 Å². The van der Waals surface area contributed by atoms with E-state index >= 15 is 0 Å². The Hall–Kier alpha value is -1.17. The summed E-state index contributed by atoms with van der Waals surface area (Å²) in [6, 6.07) is 2.09. The van der Waals surface area contributed by atoms with Gasteiger partial charge in [-0.05, 0) is 19.9 Å². The number of nitrogens with zero attached hydrogens (tertiary/aromatic N) is 3. The first-order valence-electron chi connectivity index (χ1n) is 6.79. The third kappa shape index (κ3) is 3.29. The van der Waals surface area contributed by atoms with E-state index in [0.717, 1.165) is 0 Å². The van der Waals surface area contributed by atoms with E-state index in [1.54, 1.807) is 12.3 Å². The van der Waals surface area contributed by atoms with E-state index in [-0.39, 0.29) is 24.6 Å². The molecular weight excluding hydrogens is 278 g/mol. The molecule has 0 bridgehead atoms. The van der Waals surface area contributed by atoms with Gasteiger partial charge in [0.1, 0.15) is 0 Å². The van der Waals surface area contributed by atoms with Crippen molar-refractivity contribution >= 4 is 17.5 Å². The average Bonchev–Trinajstić information content (AvgIpc) is 2.42. The van der Waals surface area contributed by atoms with Crippen molar-refractivity contribution in [1.82, 2.24) is 14.8 Å². The van der Waals surface area contributed by atoms with Crippen molar-refractivity contribution in [1.29, 1.82) is 0 Å². The summed E-state index contributed by atoms with van der Waals surface area (Å²) in [4.78, 5) is 20.5. The average molecular weight is 298 g/mol. The van der Waals surface area contributed by atoms with Crippen molar-refractivity contribution in [3.05, 3.63) is 29.0 Å². The van der Waals surface area contributed by atoms with Gasteiger partial charge in [0.2, 0.25) is 0 Å². The van der Waals surface area contributed by atoms with E-state index in [4.69, 9.17) is 16.7 Å². The summed E-state index contributed by atoms with van der Waals surface area (Å²) < 4.78 is 0. The van der Waals surface area contributed by atoms with Crippen molar-refractivity contribution in [2.75, 3.05) is 26.2 Å². The highest BCUT2D eigenvalue weighted by Crippen LogP contribution is 2.18. The molecule has 1 aromatic heterocycles. The smallest absolute Gasteiger partial charge is 0.255 e. The van der Waals surface area contributed by atoms with E-state index < -0.39 is 0 Å². The molecule has 1 aliphatic heterocycles. The molecule has 6 heteroatoms. The van der Waals surface area contributed by atoms with Crippen LogP contribution in [0.15, 0.2) is 18.5 Å². The van der Waals surface area contributed by atoms with Gasteiger partial charge in [0.15, 0.2) is 0 Å².